The fourth-order valence-electron chi connectivity index (χ4n) is 4.83. The molecular formula is C31H38ClN11. The molecule has 0 unspecified atom stereocenters. The molecule has 12 heteroatoms. The SMILES string of the molecule is CCn1cnc(-c2ccc(C3=CCCCC3)cc2)n1.CCn1cnc(-c2ccc(C3=CCNCC3)cc2)n1.N=NN=NCl. The van der Waals surface area contributed by atoms with Crippen molar-refractivity contribution in [2.45, 2.75) is 59.0 Å². The Hall–Kier alpha value is -4.35. The molecule has 0 bridgehead atoms. The first-order valence-electron chi connectivity index (χ1n) is 14.6. The van der Waals surface area contributed by atoms with E-state index in [0.717, 1.165) is 55.4 Å². The molecule has 0 radical (unpaired) electrons. The van der Waals surface area contributed by atoms with Crippen molar-refractivity contribution >= 4 is 22.9 Å². The van der Waals surface area contributed by atoms with Crippen molar-refractivity contribution in [1.29, 1.82) is 5.53 Å². The molecule has 43 heavy (non-hydrogen) atoms. The molecule has 0 spiro atoms. The van der Waals surface area contributed by atoms with Crippen molar-refractivity contribution in [1.82, 2.24) is 34.8 Å². The molecule has 11 nitrogen and oxygen atoms in total. The zero-order valence-electron chi connectivity index (χ0n) is 24.7. The van der Waals surface area contributed by atoms with Crippen LogP contribution in [0, 0.1) is 5.53 Å². The number of rotatable bonds is 7. The van der Waals surface area contributed by atoms with Gasteiger partial charge in [-0.15, -0.1) is 0 Å². The Balaban J connectivity index is 0.000000171. The summed E-state index contributed by atoms with van der Waals surface area (Å²) in [5, 5.41) is 17.3. The number of benzene rings is 2. The highest BCUT2D eigenvalue weighted by molar-refractivity contribution is 6.13. The summed E-state index contributed by atoms with van der Waals surface area (Å²) < 4.78 is 6.30. The van der Waals surface area contributed by atoms with Crippen molar-refractivity contribution < 1.29 is 0 Å². The van der Waals surface area contributed by atoms with Crippen LogP contribution in [0.25, 0.3) is 33.9 Å². The maximum absolute atomic E-state index is 5.88. The van der Waals surface area contributed by atoms with E-state index in [1.54, 1.807) is 12.7 Å². The summed E-state index contributed by atoms with van der Waals surface area (Å²) in [6.45, 7) is 7.88. The van der Waals surface area contributed by atoms with Gasteiger partial charge in [0.25, 0.3) is 0 Å². The van der Waals surface area contributed by atoms with Crippen LogP contribution in [0.15, 0.2) is 88.4 Å². The molecule has 4 aromatic rings. The molecule has 224 valence electrons. The van der Waals surface area contributed by atoms with Crippen molar-refractivity contribution in [3.05, 3.63) is 84.5 Å². The lowest BCUT2D eigenvalue weighted by Gasteiger charge is -2.14. The Morgan fingerprint density at radius 1 is 0.767 bits per heavy atom. The second-order valence-electron chi connectivity index (χ2n) is 9.93. The lowest BCUT2D eigenvalue weighted by molar-refractivity contribution is 0.659. The Labute approximate surface area is 257 Å². The van der Waals surface area contributed by atoms with Gasteiger partial charge in [0.1, 0.15) is 12.7 Å². The number of aromatic nitrogens is 6. The minimum absolute atomic E-state index is 0.799. The summed E-state index contributed by atoms with van der Waals surface area (Å²) >= 11 is 4.55. The van der Waals surface area contributed by atoms with Gasteiger partial charge in [-0.3, -0.25) is 9.36 Å². The highest BCUT2D eigenvalue weighted by atomic mass is 35.5. The molecule has 2 N–H and O–H groups in total. The molecule has 2 aromatic heterocycles. The monoisotopic (exact) mass is 599 g/mol. The van der Waals surface area contributed by atoms with Gasteiger partial charge >= 0.3 is 0 Å². The average Bonchev–Trinajstić information content (AvgIpc) is 3.77. The topological polar surface area (TPSA) is 134 Å². The minimum atomic E-state index is 0.799. The van der Waals surface area contributed by atoms with E-state index in [4.69, 9.17) is 5.53 Å². The molecule has 0 amide bonds. The maximum Gasteiger partial charge on any atom is 0.181 e. The van der Waals surface area contributed by atoms with Crippen molar-refractivity contribution in [2.24, 2.45) is 15.1 Å². The predicted molar refractivity (Wildman–Crippen MR) is 170 cm³/mol. The highest BCUT2D eigenvalue weighted by Gasteiger charge is 2.09. The lowest BCUT2D eigenvalue weighted by Crippen LogP contribution is -2.19. The standard InChI is InChI=1S/C16H19N3.C15H18N4.ClHN4/c1-2-19-12-17-16(18-19)15-10-8-14(9-11-15)13-6-4-3-5-7-13;1-2-19-11-17-15(18-19)14-5-3-12(4-6-14)13-7-9-16-10-8-13;1-3-5-4-2/h6,8-12H,2-5,7H2,1H3;3-7,11,16H,2,8-10H2,1H3;2H. The van der Waals surface area contributed by atoms with Gasteiger partial charge in [0, 0.05) is 30.8 Å². The van der Waals surface area contributed by atoms with Crippen LogP contribution in [0.2, 0.25) is 0 Å². The molecule has 0 saturated carbocycles. The van der Waals surface area contributed by atoms with Gasteiger partial charge in [0.15, 0.2) is 11.6 Å². The van der Waals surface area contributed by atoms with Crippen LogP contribution in [0.1, 0.15) is 57.1 Å². The second-order valence-corrected chi connectivity index (χ2v) is 10.1. The quantitative estimate of drug-likeness (QED) is 0.165. The maximum atomic E-state index is 5.88. The number of halogens is 1. The lowest BCUT2D eigenvalue weighted by atomic mass is 9.93. The number of nitrogens with zero attached hydrogens (tertiary/aromatic N) is 9. The van der Waals surface area contributed by atoms with Crippen molar-refractivity contribution in [2.75, 3.05) is 13.1 Å². The molecule has 0 atom stereocenters. The molecule has 1 aliphatic carbocycles. The third kappa shape index (κ3) is 9.32. The highest BCUT2D eigenvalue weighted by Crippen LogP contribution is 2.28. The van der Waals surface area contributed by atoms with Crippen LogP contribution >= 0.6 is 11.8 Å². The third-order valence-electron chi connectivity index (χ3n) is 7.18. The number of aryl methyl sites for hydroxylation is 2. The van der Waals surface area contributed by atoms with Gasteiger partial charge in [-0.2, -0.15) is 15.7 Å². The van der Waals surface area contributed by atoms with Gasteiger partial charge in [-0.1, -0.05) is 65.3 Å². The van der Waals surface area contributed by atoms with Gasteiger partial charge in [-0.05, 0) is 85.2 Å². The van der Waals surface area contributed by atoms with E-state index < -0.39 is 0 Å². The van der Waals surface area contributed by atoms with Crippen LogP contribution in [0.5, 0.6) is 0 Å². The molecule has 0 saturated heterocycles. The first-order valence-corrected chi connectivity index (χ1v) is 15.0. The van der Waals surface area contributed by atoms with E-state index >= 15 is 0 Å². The normalized spacial score (nSPS) is 14.6. The number of hydrogen-bond donors (Lipinski definition) is 2. The van der Waals surface area contributed by atoms with E-state index in [2.05, 4.69) is 127 Å². The molecule has 2 aromatic carbocycles. The predicted octanol–water partition coefficient (Wildman–Crippen LogP) is 7.80. The van der Waals surface area contributed by atoms with Gasteiger partial charge in [0.05, 0.1) is 11.8 Å². The number of allylic oxidation sites excluding steroid dienone is 2. The number of nitrogens with one attached hydrogen (secondary N) is 2. The van der Waals surface area contributed by atoms with Gasteiger partial charge in [0.2, 0.25) is 0 Å². The molecular weight excluding hydrogens is 562 g/mol. The van der Waals surface area contributed by atoms with Crippen LogP contribution in [0.4, 0.5) is 0 Å². The molecule has 3 heterocycles. The van der Waals surface area contributed by atoms with Crippen molar-refractivity contribution in [3.8, 4) is 22.8 Å². The van der Waals surface area contributed by atoms with Crippen LogP contribution < -0.4 is 5.32 Å². The summed E-state index contributed by atoms with van der Waals surface area (Å²) in [7, 11) is 0. The third-order valence-corrected chi connectivity index (χ3v) is 7.25. The Kier molecular flexibility index (Phi) is 12.4. The van der Waals surface area contributed by atoms with Gasteiger partial charge in [-0.25, -0.2) is 9.97 Å². The first-order chi connectivity index (χ1) is 21.1. The summed E-state index contributed by atoms with van der Waals surface area (Å²) in [6, 6.07) is 17.2. The van der Waals surface area contributed by atoms with Crippen LogP contribution in [-0.4, -0.2) is 42.6 Å². The molecule has 6 rings (SSSR count). The minimum Gasteiger partial charge on any atom is -0.313 e. The van der Waals surface area contributed by atoms with E-state index in [1.165, 1.54) is 48.0 Å². The van der Waals surface area contributed by atoms with Crippen molar-refractivity contribution in [3.63, 3.8) is 0 Å². The Morgan fingerprint density at radius 2 is 1.30 bits per heavy atom. The zero-order valence-corrected chi connectivity index (χ0v) is 25.5. The van der Waals surface area contributed by atoms with Crippen LogP contribution in [0.3, 0.4) is 0 Å². The van der Waals surface area contributed by atoms with Crippen LogP contribution in [-0.2, 0) is 13.1 Å². The summed E-state index contributed by atoms with van der Waals surface area (Å²) in [5.74, 6) is 1.61. The number of hydrogen-bond acceptors (Lipinski definition) is 7. The summed E-state index contributed by atoms with van der Waals surface area (Å²) in [6.07, 6.45) is 14.4. The summed E-state index contributed by atoms with van der Waals surface area (Å²) in [4.78, 5) is 8.66. The van der Waals surface area contributed by atoms with E-state index in [1.807, 2.05) is 9.36 Å². The van der Waals surface area contributed by atoms with E-state index in [9.17, 15) is 0 Å². The second kappa shape index (κ2) is 16.9. The van der Waals surface area contributed by atoms with E-state index in [0.29, 0.717) is 0 Å². The van der Waals surface area contributed by atoms with E-state index in [-0.39, 0.29) is 0 Å². The smallest absolute Gasteiger partial charge is 0.181 e. The fourth-order valence-corrected chi connectivity index (χ4v) is 4.86. The summed E-state index contributed by atoms with van der Waals surface area (Å²) in [5.41, 5.74) is 13.6. The Morgan fingerprint density at radius 3 is 1.67 bits per heavy atom. The molecule has 1 aliphatic heterocycles. The van der Waals surface area contributed by atoms with Gasteiger partial charge < -0.3 is 5.32 Å². The average molecular weight is 600 g/mol. The molecule has 0 fully saturated rings. The first kappa shape index (κ1) is 31.6. The fraction of sp³-hybridized carbons (Fsp3) is 0.355. The molecule has 2 aliphatic rings. The zero-order chi connectivity index (χ0) is 30.3. The Bertz CT molecular complexity index is 1410. The largest absolute Gasteiger partial charge is 0.313 e.